The molecule has 1 aromatic carbocycles. The first-order valence-electron chi connectivity index (χ1n) is 10.5. The van der Waals surface area contributed by atoms with Crippen LogP contribution in [0, 0.1) is 5.92 Å². The zero-order valence-corrected chi connectivity index (χ0v) is 19.1. The van der Waals surface area contributed by atoms with Crippen LogP contribution < -0.4 is 5.73 Å². The highest BCUT2D eigenvalue weighted by Crippen LogP contribution is 2.27. The highest BCUT2D eigenvalue weighted by Gasteiger charge is 2.34. The number of hydrogen-bond donors (Lipinski definition) is 1. The Morgan fingerprint density at radius 1 is 1.10 bits per heavy atom. The number of carbonyl (C=O) groups excluding carboxylic acids is 1. The lowest BCUT2D eigenvalue weighted by molar-refractivity contribution is -0.137. The van der Waals surface area contributed by atoms with Crippen LogP contribution in [-0.4, -0.2) is 67.7 Å². The molecule has 3 atom stereocenters. The molecular weight excluding hydrogens is 409 g/mol. The summed E-state index contributed by atoms with van der Waals surface area (Å²) in [6.07, 6.45) is 6.04. The Balaban J connectivity index is 0.00000210. The second-order valence-corrected chi connectivity index (χ2v) is 8.06. The summed E-state index contributed by atoms with van der Waals surface area (Å²) in [4.78, 5) is 17.6. The van der Waals surface area contributed by atoms with Gasteiger partial charge in [-0.3, -0.25) is 4.79 Å². The first-order valence-corrected chi connectivity index (χ1v) is 10.5. The molecule has 2 fully saturated rings. The van der Waals surface area contributed by atoms with Gasteiger partial charge in [0.25, 0.3) is 0 Å². The summed E-state index contributed by atoms with van der Waals surface area (Å²) in [5.41, 5.74) is 7.61. The van der Waals surface area contributed by atoms with Gasteiger partial charge in [0.05, 0.1) is 6.10 Å². The molecule has 1 aliphatic carbocycles. The molecule has 1 heterocycles. The van der Waals surface area contributed by atoms with E-state index < -0.39 is 0 Å². The first kappa shape index (κ1) is 26.2. The van der Waals surface area contributed by atoms with Crippen molar-refractivity contribution in [1.29, 1.82) is 0 Å². The minimum atomic E-state index is -0.0147. The number of carbonyl (C=O) groups is 1. The maximum absolute atomic E-state index is 13.0. The SMILES string of the molecule is CO[C@@H]1CC[C@H](C(=O)N2CCCN(CCCc3ccccc3)CC2)C[C@H]1N.Cl.Cl. The van der Waals surface area contributed by atoms with Gasteiger partial charge in [0.15, 0.2) is 0 Å². The average Bonchev–Trinajstić information content (AvgIpc) is 2.94. The van der Waals surface area contributed by atoms with Crippen molar-refractivity contribution < 1.29 is 9.53 Å². The zero-order chi connectivity index (χ0) is 19.1. The van der Waals surface area contributed by atoms with Gasteiger partial charge >= 0.3 is 0 Å². The van der Waals surface area contributed by atoms with Crippen LogP contribution in [0.3, 0.4) is 0 Å². The van der Waals surface area contributed by atoms with E-state index in [0.717, 1.165) is 64.8 Å². The van der Waals surface area contributed by atoms with E-state index in [0.29, 0.717) is 5.91 Å². The van der Waals surface area contributed by atoms with E-state index in [-0.39, 0.29) is 42.9 Å². The van der Waals surface area contributed by atoms with E-state index in [2.05, 4.69) is 40.1 Å². The second-order valence-electron chi connectivity index (χ2n) is 8.06. The molecule has 1 aliphatic heterocycles. The summed E-state index contributed by atoms with van der Waals surface area (Å²) in [6, 6.07) is 10.7. The van der Waals surface area contributed by atoms with Gasteiger partial charge in [-0.15, -0.1) is 24.8 Å². The normalized spacial score (nSPS) is 25.4. The Hall–Kier alpha value is -0.850. The molecule has 0 spiro atoms. The molecule has 1 amide bonds. The van der Waals surface area contributed by atoms with Gasteiger partial charge < -0.3 is 20.3 Å². The number of nitrogens with two attached hydrogens (primary N) is 1. The van der Waals surface area contributed by atoms with Gasteiger partial charge in [-0.05, 0) is 57.2 Å². The Morgan fingerprint density at radius 3 is 2.55 bits per heavy atom. The smallest absolute Gasteiger partial charge is 0.225 e. The predicted octanol–water partition coefficient (Wildman–Crippen LogP) is 3.14. The number of nitrogens with zero attached hydrogens (tertiary/aromatic N) is 2. The van der Waals surface area contributed by atoms with Crippen LogP contribution in [0.25, 0.3) is 0 Å². The Morgan fingerprint density at radius 2 is 1.86 bits per heavy atom. The summed E-state index contributed by atoms with van der Waals surface area (Å²) in [6.45, 7) is 4.92. The van der Waals surface area contributed by atoms with Crippen LogP contribution in [0.5, 0.6) is 0 Å². The number of methoxy groups -OCH3 is 1. The maximum atomic E-state index is 13.0. The number of hydrogen-bond acceptors (Lipinski definition) is 4. The van der Waals surface area contributed by atoms with Crippen molar-refractivity contribution >= 4 is 30.7 Å². The Labute approximate surface area is 188 Å². The van der Waals surface area contributed by atoms with Crippen LogP contribution in [0.1, 0.15) is 37.7 Å². The van der Waals surface area contributed by atoms with Gasteiger partial charge in [0.1, 0.15) is 0 Å². The third kappa shape index (κ3) is 7.72. The highest BCUT2D eigenvalue weighted by molar-refractivity contribution is 5.85. The third-order valence-corrected chi connectivity index (χ3v) is 6.17. The maximum Gasteiger partial charge on any atom is 0.225 e. The largest absolute Gasteiger partial charge is 0.380 e. The van der Waals surface area contributed by atoms with Crippen molar-refractivity contribution in [3.8, 4) is 0 Å². The van der Waals surface area contributed by atoms with E-state index in [9.17, 15) is 4.79 Å². The van der Waals surface area contributed by atoms with Gasteiger partial charge in [0.2, 0.25) is 5.91 Å². The van der Waals surface area contributed by atoms with Crippen molar-refractivity contribution in [3.63, 3.8) is 0 Å². The summed E-state index contributed by atoms with van der Waals surface area (Å²) < 4.78 is 5.42. The van der Waals surface area contributed by atoms with Gasteiger partial charge in [-0.1, -0.05) is 30.3 Å². The number of aryl methyl sites for hydroxylation is 1. The lowest BCUT2D eigenvalue weighted by Crippen LogP contribution is -2.47. The van der Waals surface area contributed by atoms with E-state index in [1.54, 1.807) is 7.11 Å². The summed E-state index contributed by atoms with van der Waals surface area (Å²) in [5.74, 6) is 0.391. The fourth-order valence-corrected chi connectivity index (χ4v) is 4.52. The van der Waals surface area contributed by atoms with Crippen molar-refractivity contribution in [2.45, 2.75) is 50.7 Å². The van der Waals surface area contributed by atoms with Gasteiger partial charge in [-0.25, -0.2) is 0 Å². The standard InChI is InChI=1S/C22H35N3O2.2ClH/c1-27-21-11-10-19(17-20(21)23)22(26)25-14-6-13-24(15-16-25)12-5-9-18-7-3-2-4-8-18;;/h2-4,7-8,19-21H,5-6,9-17,23H2,1H3;2*1H/t19-,20+,21+;;/m0../s1. The number of halogens is 2. The lowest BCUT2D eigenvalue weighted by atomic mass is 9.83. The summed E-state index contributed by atoms with van der Waals surface area (Å²) in [7, 11) is 1.72. The number of ether oxygens (including phenoxy) is 1. The summed E-state index contributed by atoms with van der Waals surface area (Å²) >= 11 is 0. The van der Waals surface area contributed by atoms with Gasteiger partial charge in [0, 0.05) is 38.7 Å². The quantitative estimate of drug-likeness (QED) is 0.730. The molecule has 166 valence electrons. The molecule has 7 heteroatoms. The van der Waals surface area contributed by atoms with Crippen LogP contribution in [0.2, 0.25) is 0 Å². The minimum Gasteiger partial charge on any atom is -0.380 e. The highest BCUT2D eigenvalue weighted by atomic mass is 35.5. The van der Waals surface area contributed by atoms with Crippen molar-refractivity contribution in [2.75, 3.05) is 39.8 Å². The van der Waals surface area contributed by atoms with Gasteiger partial charge in [-0.2, -0.15) is 0 Å². The number of rotatable bonds is 6. The fraction of sp³-hybridized carbons (Fsp3) is 0.682. The molecule has 0 radical (unpaired) electrons. The monoisotopic (exact) mass is 445 g/mol. The minimum absolute atomic E-state index is 0. The van der Waals surface area contributed by atoms with E-state index in [1.807, 2.05) is 0 Å². The summed E-state index contributed by atoms with van der Waals surface area (Å²) in [5, 5.41) is 0. The topological polar surface area (TPSA) is 58.8 Å². The molecule has 5 nitrogen and oxygen atoms in total. The molecular formula is C22H37Cl2N3O2. The van der Waals surface area contributed by atoms with Crippen molar-refractivity contribution in [1.82, 2.24) is 9.80 Å². The van der Waals surface area contributed by atoms with Crippen LogP contribution >= 0.6 is 24.8 Å². The lowest BCUT2D eigenvalue weighted by Gasteiger charge is -2.35. The molecule has 0 aromatic heterocycles. The molecule has 1 saturated carbocycles. The van der Waals surface area contributed by atoms with Crippen molar-refractivity contribution in [2.24, 2.45) is 11.7 Å². The molecule has 29 heavy (non-hydrogen) atoms. The molecule has 3 rings (SSSR count). The predicted molar refractivity (Wildman–Crippen MR) is 123 cm³/mol. The van der Waals surface area contributed by atoms with E-state index >= 15 is 0 Å². The van der Waals surface area contributed by atoms with Crippen LogP contribution in [0.15, 0.2) is 30.3 Å². The number of benzene rings is 1. The van der Waals surface area contributed by atoms with Crippen molar-refractivity contribution in [3.05, 3.63) is 35.9 Å². The Bertz CT molecular complexity index is 591. The Kier molecular flexibility index (Phi) is 12.1. The second kappa shape index (κ2) is 13.5. The number of amides is 1. The zero-order valence-electron chi connectivity index (χ0n) is 17.5. The molecule has 0 bridgehead atoms. The van der Waals surface area contributed by atoms with E-state index in [4.69, 9.17) is 10.5 Å². The average molecular weight is 446 g/mol. The fourth-order valence-electron chi connectivity index (χ4n) is 4.52. The third-order valence-electron chi connectivity index (χ3n) is 6.17. The molecule has 2 aliphatic rings. The molecule has 2 N–H and O–H groups in total. The van der Waals surface area contributed by atoms with Crippen LogP contribution in [0.4, 0.5) is 0 Å². The molecule has 1 saturated heterocycles. The molecule has 0 unspecified atom stereocenters. The molecule has 1 aromatic rings. The van der Waals surface area contributed by atoms with Crippen LogP contribution in [-0.2, 0) is 16.0 Å². The van der Waals surface area contributed by atoms with E-state index in [1.165, 1.54) is 12.0 Å². The first-order chi connectivity index (χ1) is 13.2.